The highest BCUT2D eigenvalue weighted by Crippen LogP contribution is 2.29. The number of rotatable bonds is 6. The Labute approximate surface area is 121 Å². The first-order valence-electron chi connectivity index (χ1n) is 7.04. The molecule has 1 unspecified atom stereocenters. The van der Waals surface area contributed by atoms with Gasteiger partial charge in [0, 0.05) is 7.11 Å². The van der Waals surface area contributed by atoms with E-state index in [1.54, 1.807) is 7.11 Å². The number of furan rings is 1. The molecule has 0 bridgehead atoms. The third-order valence-electron chi connectivity index (χ3n) is 3.49. The van der Waals surface area contributed by atoms with Crippen molar-refractivity contribution in [1.82, 2.24) is 5.32 Å². The highest BCUT2D eigenvalue weighted by atomic mass is 16.5. The molecule has 1 atom stereocenters. The van der Waals surface area contributed by atoms with E-state index in [1.807, 2.05) is 12.1 Å². The number of hydrogen-bond acceptors (Lipinski definition) is 3. The van der Waals surface area contributed by atoms with Crippen molar-refractivity contribution in [2.45, 2.75) is 33.4 Å². The number of methoxy groups -OCH3 is 1. The largest absolute Gasteiger partial charge is 0.462 e. The fourth-order valence-corrected chi connectivity index (χ4v) is 2.60. The molecule has 1 aromatic carbocycles. The van der Waals surface area contributed by atoms with Gasteiger partial charge in [0.05, 0.1) is 6.04 Å². The highest BCUT2D eigenvalue weighted by Gasteiger charge is 2.20. The fraction of sp³-hybridized carbons (Fsp3) is 0.412. The Bertz CT molecular complexity index is 540. The molecule has 20 heavy (non-hydrogen) atoms. The summed E-state index contributed by atoms with van der Waals surface area (Å²) in [5.41, 5.74) is 3.86. The first kappa shape index (κ1) is 14.8. The SMILES string of the molecule is CCNC(c1ccc(COC)o1)c1c(C)cccc1C. The van der Waals surface area contributed by atoms with Gasteiger partial charge in [0.15, 0.2) is 0 Å². The number of ether oxygens (including phenoxy) is 1. The van der Waals surface area contributed by atoms with E-state index < -0.39 is 0 Å². The molecule has 0 spiro atoms. The van der Waals surface area contributed by atoms with E-state index in [1.165, 1.54) is 16.7 Å². The average molecular weight is 273 g/mol. The van der Waals surface area contributed by atoms with Crippen LogP contribution in [0.1, 0.15) is 41.2 Å². The van der Waals surface area contributed by atoms with Crippen LogP contribution < -0.4 is 5.32 Å². The van der Waals surface area contributed by atoms with Crippen LogP contribution in [0.15, 0.2) is 34.7 Å². The highest BCUT2D eigenvalue weighted by molar-refractivity contribution is 5.40. The summed E-state index contributed by atoms with van der Waals surface area (Å²) in [4.78, 5) is 0. The van der Waals surface area contributed by atoms with E-state index in [2.05, 4.69) is 44.3 Å². The van der Waals surface area contributed by atoms with E-state index in [4.69, 9.17) is 9.15 Å². The minimum Gasteiger partial charge on any atom is -0.462 e. The molecule has 1 aromatic heterocycles. The van der Waals surface area contributed by atoms with Crippen molar-refractivity contribution in [3.8, 4) is 0 Å². The lowest BCUT2D eigenvalue weighted by Crippen LogP contribution is -2.23. The summed E-state index contributed by atoms with van der Waals surface area (Å²) >= 11 is 0. The monoisotopic (exact) mass is 273 g/mol. The van der Waals surface area contributed by atoms with Crippen LogP contribution in [-0.2, 0) is 11.3 Å². The molecule has 0 aliphatic rings. The van der Waals surface area contributed by atoms with Crippen LogP contribution in [0.5, 0.6) is 0 Å². The minimum atomic E-state index is 0.0896. The van der Waals surface area contributed by atoms with Crippen molar-refractivity contribution >= 4 is 0 Å². The smallest absolute Gasteiger partial charge is 0.129 e. The van der Waals surface area contributed by atoms with E-state index in [0.717, 1.165) is 18.1 Å². The van der Waals surface area contributed by atoms with Crippen LogP contribution in [0.3, 0.4) is 0 Å². The maximum Gasteiger partial charge on any atom is 0.129 e. The molecule has 1 N–H and O–H groups in total. The molecule has 0 fully saturated rings. The third kappa shape index (κ3) is 3.11. The molecular weight excluding hydrogens is 250 g/mol. The Morgan fingerprint density at radius 1 is 1.15 bits per heavy atom. The molecule has 0 amide bonds. The predicted molar refractivity (Wildman–Crippen MR) is 80.9 cm³/mol. The Balaban J connectivity index is 2.39. The van der Waals surface area contributed by atoms with Gasteiger partial charge in [-0.25, -0.2) is 0 Å². The predicted octanol–water partition coefficient (Wildman–Crippen LogP) is 3.74. The second kappa shape index (κ2) is 6.73. The summed E-state index contributed by atoms with van der Waals surface area (Å²) < 4.78 is 11.0. The van der Waals surface area contributed by atoms with Gasteiger partial charge in [-0.1, -0.05) is 25.1 Å². The fourth-order valence-electron chi connectivity index (χ4n) is 2.60. The topological polar surface area (TPSA) is 34.4 Å². The summed E-state index contributed by atoms with van der Waals surface area (Å²) in [7, 11) is 1.68. The standard InChI is InChI=1S/C17H23NO2/c1-5-18-17(15-10-9-14(20-15)11-19-4)16-12(2)7-6-8-13(16)3/h6-10,17-18H,5,11H2,1-4H3. The lowest BCUT2D eigenvalue weighted by Gasteiger charge is -2.20. The number of hydrogen-bond donors (Lipinski definition) is 1. The molecule has 2 aromatic rings. The van der Waals surface area contributed by atoms with E-state index in [0.29, 0.717) is 6.61 Å². The minimum absolute atomic E-state index is 0.0896. The van der Waals surface area contributed by atoms with E-state index >= 15 is 0 Å². The molecule has 0 saturated carbocycles. The van der Waals surface area contributed by atoms with Gasteiger partial charge in [0.2, 0.25) is 0 Å². The Kier molecular flexibility index (Phi) is 4.99. The summed E-state index contributed by atoms with van der Waals surface area (Å²) in [6.45, 7) is 7.79. The van der Waals surface area contributed by atoms with Crippen molar-refractivity contribution in [2.24, 2.45) is 0 Å². The van der Waals surface area contributed by atoms with Crippen molar-refractivity contribution in [1.29, 1.82) is 0 Å². The maximum absolute atomic E-state index is 5.92. The van der Waals surface area contributed by atoms with Crippen LogP contribution in [-0.4, -0.2) is 13.7 Å². The lowest BCUT2D eigenvalue weighted by atomic mass is 9.94. The summed E-state index contributed by atoms with van der Waals surface area (Å²) in [5, 5.41) is 3.52. The molecule has 2 rings (SSSR count). The zero-order valence-corrected chi connectivity index (χ0v) is 12.7. The van der Waals surface area contributed by atoms with Crippen LogP contribution >= 0.6 is 0 Å². The van der Waals surface area contributed by atoms with Gasteiger partial charge < -0.3 is 14.5 Å². The van der Waals surface area contributed by atoms with E-state index in [9.17, 15) is 0 Å². The van der Waals surface area contributed by atoms with Crippen molar-refractivity contribution in [2.75, 3.05) is 13.7 Å². The first-order chi connectivity index (χ1) is 9.67. The van der Waals surface area contributed by atoms with Gasteiger partial charge in [-0.05, 0) is 49.2 Å². The third-order valence-corrected chi connectivity index (χ3v) is 3.49. The normalized spacial score (nSPS) is 12.6. The van der Waals surface area contributed by atoms with Crippen molar-refractivity contribution in [3.63, 3.8) is 0 Å². The average Bonchev–Trinajstić information content (AvgIpc) is 2.86. The van der Waals surface area contributed by atoms with Gasteiger partial charge in [-0.3, -0.25) is 0 Å². The zero-order valence-electron chi connectivity index (χ0n) is 12.7. The maximum atomic E-state index is 5.92. The Morgan fingerprint density at radius 2 is 1.85 bits per heavy atom. The number of aryl methyl sites for hydroxylation is 2. The molecule has 108 valence electrons. The van der Waals surface area contributed by atoms with Gasteiger partial charge >= 0.3 is 0 Å². The number of benzene rings is 1. The summed E-state index contributed by atoms with van der Waals surface area (Å²) in [5.74, 6) is 1.80. The lowest BCUT2D eigenvalue weighted by molar-refractivity contribution is 0.162. The summed E-state index contributed by atoms with van der Waals surface area (Å²) in [6.07, 6.45) is 0. The Hall–Kier alpha value is -1.58. The molecule has 1 heterocycles. The van der Waals surface area contributed by atoms with Crippen molar-refractivity contribution in [3.05, 3.63) is 58.5 Å². The molecule has 0 radical (unpaired) electrons. The zero-order chi connectivity index (χ0) is 14.5. The van der Waals surface area contributed by atoms with Crippen LogP contribution in [0.4, 0.5) is 0 Å². The molecule has 0 aliphatic carbocycles. The molecule has 0 aliphatic heterocycles. The first-order valence-corrected chi connectivity index (χ1v) is 7.04. The number of nitrogens with one attached hydrogen (secondary N) is 1. The van der Waals surface area contributed by atoms with Crippen LogP contribution in [0.2, 0.25) is 0 Å². The van der Waals surface area contributed by atoms with Crippen LogP contribution in [0.25, 0.3) is 0 Å². The van der Waals surface area contributed by atoms with Gasteiger partial charge in [-0.2, -0.15) is 0 Å². The van der Waals surface area contributed by atoms with Crippen LogP contribution in [0, 0.1) is 13.8 Å². The van der Waals surface area contributed by atoms with E-state index in [-0.39, 0.29) is 6.04 Å². The molecule has 0 saturated heterocycles. The van der Waals surface area contributed by atoms with Gasteiger partial charge in [0.1, 0.15) is 18.1 Å². The Morgan fingerprint density at radius 3 is 2.45 bits per heavy atom. The molecule has 3 nitrogen and oxygen atoms in total. The van der Waals surface area contributed by atoms with Gasteiger partial charge in [0.25, 0.3) is 0 Å². The van der Waals surface area contributed by atoms with Crippen molar-refractivity contribution < 1.29 is 9.15 Å². The van der Waals surface area contributed by atoms with Gasteiger partial charge in [-0.15, -0.1) is 0 Å². The molecular formula is C17H23NO2. The second-order valence-corrected chi connectivity index (χ2v) is 5.03. The second-order valence-electron chi connectivity index (χ2n) is 5.03. The summed E-state index contributed by atoms with van der Waals surface area (Å²) in [6, 6.07) is 10.5. The quantitative estimate of drug-likeness (QED) is 0.870. The molecule has 3 heteroatoms.